The first-order chi connectivity index (χ1) is 24.0. The lowest BCUT2D eigenvalue weighted by Gasteiger charge is -2.30. The van der Waals surface area contributed by atoms with E-state index in [1.165, 1.54) is 7.11 Å². The fourth-order valence-electron chi connectivity index (χ4n) is 6.89. The molecule has 288 valence electrons. The number of nitrogens with one attached hydrogen (secondary N) is 3. The molecule has 2 aromatic heterocycles. The molecule has 2 aliphatic rings. The lowest BCUT2D eigenvalue weighted by molar-refractivity contribution is -0.135. The van der Waals surface area contributed by atoms with Crippen LogP contribution in [0.25, 0.3) is 33.6 Å². The third kappa shape index (κ3) is 9.36. The quantitative estimate of drug-likeness (QED) is 0.165. The van der Waals surface area contributed by atoms with Gasteiger partial charge in [0.25, 0.3) is 0 Å². The van der Waals surface area contributed by atoms with Gasteiger partial charge < -0.3 is 34.7 Å². The van der Waals surface area contributed by atoms with E-state index < -0.39 is 12.1 Å². The number of urea groups is 1. The first-order valence-electron chi connectivity index (χ1n) is 17.5. The molecule has 0 bridgehead atoms. The molecule has 0 unspecified atom stereocenters. The highest BCUT2D eigenvalue weighted by Crippen LogP contribution is 2.35. The molecule has 0 spiro atoms. The van der Waals surface area contributed by atoms with Crippen LogP contribution in [0.15, 0.2) is 60.9 Å². The summed E-state index contributed by atoms with van der Waals surface area (Å²) in [6, 6.07) is 16.0. The molecule has 0 radical (unpaired) electrons. The molecule has 4 aromatic rings. The summed E-state index contributed by atoms with van der Waals surface area (Å²) in [5, 5.41) is 2.70. The second-order valence-electron chi connectivity index (χ2n) is 13.9. The number of hydrogen-bond acceptors (Lipinski definition) is 6. The van der Waals surface area contributed by atoms with E-state index in [-0.39, 0.29) is 76.5 Å². The summed E-state index contributed by atoms with van der Waals surface area (Å²) in [6.45, 7) is 9.21. The van der Waals surface area contributed by atoms with Crippen molar-refractivity contribution in [3.8, 4) is 33.6 Å². The van der Waals surface area contributed by atoms with Crippen molar-refractivity contribution < 1.29 is 19.1 Å². The van der Waals surface area contributed by atoms with Crippen LogP contribution in [-0.4, -0.2) is 92.0 Å². The Morgan fingerprint density at radius 3 is 1.62 bits per heavy atom. The number of H-pyrrole nitrogens is 2. The van der Waals surface area contributed by atoms with Gasteiger partial charge in [-0.1, -0.05) is 62.4 Å². The zero-order valence-electron chi connectivity index (χ0n) is 31.3. The summed E-state index contributed by atoms with van der Waals surface area (Å²) < 4.78 is 4.75. The van der Waals surface area contributed by atoms with Crippen LogP contribution < -0.4 is 5.32 Å². The van der Waals surface area contributed by atoms with Crippen molar-refractivity contribution in [1.29, 1.82) is 0 Å². The Balaban J connectivity index is 0.00000252. The molecule has 15 heteroatoms. The van der Waals surface area contributed by atoms with E-state index in [9.17, 15) is 14.4 Å². The van der Waals surface area contributed by atoms with Gasteiger partial charge in [0, 0.05) is 26.2 Å². The highest BCUT2D eigenvalue weighted by Gasteiger charge is 2.38. The molecule has 2 saturated heterocycles. The molecule has 0 aliphatic carbocycles. The molecule has 53 heavy (non-hydrogen) atoms. The van der Waals surface area contributed by atoms with Crippen LogP contribution in [0.5, 0.6) is 0 Å². The van der Waals surface area contributed by atoms with Gasteiger partial charge in [0.05, 0.1) is 43.0 Å². The second kappa shape index (κ2) is 18.8. The molecule has 0 saturated carbocycles. The van der Waals surface area contributed by atoms with Crippen molar-refractivity contribution in [1.82, 2.24) is 40.0 Å². The van der Waals surface area contributed by atoms with Crippen LogP contribution in [0.3, 0.4) is 0 Å². The van der Waals surface area contributed by atoms with Gasteiger partial charge >= 0.3 is 12.1 Å². The van der Waals surface area contributed by atoms with E-state index in [0.717, 1.165) is 77.5 Å². The maximum absolute atomic E-state index is 13.5. The zero-order chi connectivity index (χ0) is 35.5. The van der Waals surface area contributed by atoms with E-state index in [1.807, 2.05) is 56.9 Å². The SMILES string of the molecule is COC(=O)N[C@H](C(=O)N1CCC[C@H]1c1ncc(-c2ccc(-c3ccc(-c4cnc([C@@H]5CCCN5C(=O)N(C)C(C)C)[nH]4)cc3)cc2)[nH]1)C(C)C.S.S.S. The van der Waals surface area contributed by atoms with Gasteiger partial charge in [0.1, 0.15) is 17.7 Å². The highest BCUT2D eigenvalue weighted by molar-refractivity contribution is 7.59. The minimum atomic E-state index is -0.673. The van der Waals surface area contributed by atoms with E-state index >= 15 is 0 Å². The molecule has 12 nitrogen and oxygen atoms in total. The summed E-state index contributed by atoms with van der Waals surface area (Å²) in [5.74, 6) is 1.35. The molecule has 2 aliphatic heterocycles. The number of nitrogens with zero attached hydrogens (tertiary/aromatic N) is 5. The number of benzene rings is 2. The summed E-state index contributed by atoms with van der Waals surface area (Å²) in [7, 11) is 3.15. The number of aromatic amines is 2. The van der Waals surface area contributed by atoms with Crippen molar-refractivity contribution in [2.24, 2.45) is 5.92 Å². The van der Waals surface area contributed by atoms with E-state index in [0.29, 0.717) is 6.54 Å². The number of alkyl carbamates (subject to hydrolysis) is 1. The van der Waals surface area contributed by atoms with Gasteiger partial charge in [0.2, 0.25) is 5.91 Å². The van der Waals surface area contributed by atoms with Crippen molar-refractivity contribution >= 4 is 58.5 Å². The Bertz CT molecular complexity index is 1810. The number of rotatable bonds is 9. The number of likely N-dealkylation sites (tertiary alicyclic amines) is 2. The Hall–Kier alpha value is -4.08. The molecule has 4 heterocycles. The van der Waals surface area contributed by atoms with Gasteiger partial charge in [0.15, 0.2) is 0 Å². The maximum Gasteiger partial charge on any atom is 0.407 e. The number of aromatic nitrogens is 4. The minimum absolute atomic E-state index is 0. The fourth-order valence-corrected chi connectivity index (χ4v) is 6.89. The Labute approximate surface area is 333 Å². The number of amides is 4. The van der Waals surface area contributed by atoms with Crippen molar-refractivity contribution in [3.63, 3.8) is 0 Å². The monoisotopic (exact) mass is 782 g/mol. The molecule has 2 fully saturated rings. The standard InChI is InChI=1S/C38H48N8O4.3H2S/c1-23(2)33(43-37(48)50-6)36(47)45-19-7-9-31(45)34-39-21-29(41-34)27-15-11-25(12-16-27)26-13-17-28(18-14-26)30-22-40-35(42-30)32-10-8-20-46(32)38(49)44(5)24(3)4;;;/h11-18,21-24,31-33H,7-10,19-20H2,1-6H3,(H,39,41)(H,40,42)(H,43,48);3*1H2/t31-,32-,33-;;;/m0.../s1. The van der Waals surface area contributed by atoms with Crippen LogP contribution >= 0.6 is 40.5 Å². The van der Waals surface area contributed by atoms with Gasteiger partial charge in [-0.05, 0) is 67.7 Å². The number of methoxy groups -OCH3 is 1. The molecule has 2 aromatic carbocycles. The summed E-state index contributed by atoms with van der Waals surface area (Å²) >= 11 is 0. The normalized spacial score (nSPS) is 17.1. The van der Waals surface area contributed by atoms with Gasteiger partial charge in [-0.25, -0.2) is 19.6 Å². The Morgan fingerprint density at radius 1 is 0.755 bits per heavy atom. The zero-order valence-corrected chi connectivity index (χ0v) is 34.3. The molecule has 4 amide bonds. The third-order valence-corrected chi connectivity index (χ3v) is 10.0. The van der Waals surface area contributed by atoms with Crippen LogP contribution in [0.4, 0.5) is 9.59 Å². The third-order valence-electron chi connectivity index (χ3n) is 10.0. The predicted molar refractivity (Wildman–Crippen MR) is 223 cm³/mol. The van der Waals surface area contributed by atoms with Crippen molar-refractivity contribution in [3.05, 3.63) is 72.6 Å². The number of ether oxygens (including phenoxy) is 1. The van der Waals surface area contributed by atoms with Crippen LogP contribution in [0.1, 0.15) is 77.1 Å². The molecule has 6 rings (SSSR count). The van der Waals surface area contributed by atoms with Crippen LogP contribution in [0, 0.1) is 5.92 Å². The van der Waals surface area contributed by atoms with Crippen LogP contribution in [-0.2, 0) is 9.53 Å². The van der Waals surface area contributed by atoms with E-state index in [2.05, 4.69) is 73.8 Å². The summed E-state index contributed by atoms with van der Waals surface area (Å²) in [4.78, 5) is 60.3. The first kappa shape index (κ1) is 43.3. The van der Waals surface area contributed by atoms with Crippen LogP contribution in [0.2, 0.25) is 0 Å². The smallest absolute Gasteiger partial charge is 0.407 e. The fraction of sp³-hybridized carbons (Fsp3) is 0.447. The highest BCUT2D eigenvalue weighted by atomic mass is 32.1. The lowest BCUT2D eigenvalue weighted by Crippen LogP contribution is -2.51. The van der Waals surface area contributed by atoms with Crippen molar-refractivity contribution in [2.75, 3.05) is 27.2 Å². The molecular weight excluding hydrogens is 729 g/mol. The average molecular weight is 783 g/mol. The topological polar surface area (TPSA) is 140 Å². The minimum Gasteiger partial charge on any atom is -0.453 e. The van der Waals surface area contributed by atoms with E-state index in [1.54, 1.807) is 4.90 Å². The number of carbonyl (C=O) groups is 3. The molecule has 3 N–H and O–H groups in total. The van der Waals surface area contributed by atoms with Gasteiger partial charge in [-0.3, -0.25) is 4.79 Å². The molecule has 3 atom stereocenters. The maximum atomic E-state index is 13.5. The van der Waals surface area contributed by atoms with Crippen molar-refractivity contribution in [2.45, 2.75) is 77.5 Å². The summed E-state index contributed by atoms with van der Waals surface area (Å²) in [6.07, 6.45) is 6.57. The van der Waals surface area contributed by atoms with Gasteiger partial charge in [-0.15, -0.1) is 0 Å². The molecular formula is C38H54N8O4S3. The number of hydrogen-bond donors (Lipinski definition) is 3. The number of imidazole rings is 2. The average Bonchev–Trinajstić information content (AvgIpc) is 3.96. The lowest BCUT2D eigenvalue weighted by atomic mass is 10.0. The Kier molecular flexibility index (Phi) is 15.4. The van der Waals surface area contributed by atoms with Gasteiger partial charge in [-0.2, -0.15) is 40.5 Å². The summed E-state index contributed by atoms with van der Waals surface area (Å²) in [5.41, 5.74) is 6.01. The first-order valence-corrected chi connectivity index (χ1v) is 17.5. The Morgan fingerprint density at radius 2 is 1.19 bits per heavy atom. The predicted octanol–water partition coefficient (Wildman–Crippen LogP) is 7.11. The van der Waals surface area contributed by atoms with E-state index in [4.69, 9.17) is 4.74 Å². The largest absolute Gasteiger partial charge is 0.453 e. The second-order valence-corrected chi connectivity index (χ2v) is 13.9. The number of carbonyl (C=O) groups excluding carboxylic acids is 3.